The molecule has 0 radical (unpaired) electrons. The maximum absolute atomic E-state index is 12.5. The smallest absolute Gasteiger partial charge is 0.246 e. The summed E-state index contributed by atoms with van der Waals surface area (Å²) < 4.78 is 5.88. The summed E-state index contributed by atoms with van der Waals surface area (Å²) in [5, 5.41) is 0. The summed E-state index contributed by atoms with van der Waals surface area (Å²) in [6.07, 6.45) is 5.29. The van der Waals surface area contributed by atoms with E-state index in [1.165, 1.54) is 0 Å². The number of aryl methyl sites for hydroxylation is 1. The molecule has 0 N–H and O–H groups in total. The predicted molar refractivity (Wildman–Crippen MR) is 98.3 cm³/mol. The fraction of sp³-hybridized carbons (Fsp3) is 0.579. The third-order valence-corrected chi connectivity index (χ3v) is 4.94. The van der Waals surface area contributed by atoms with Crippen molar-refractivity contribution >= 4 is 12.0 Å². The molecule has 2 aliphatic rings. The van der Waals surface area contributed by atoms with E-state index >= 15 is 0 Å². The molecule has 2 fully saturated rings. The van der Waals surface area contributed by atoms with Crippen molar-refractivity contribution in [3.63, 3.8) is 0 Å². The number of ether oxygens (including phenoxy) is 1. The first-order chi connectivity index (χ1) is 12.1. The van der Waals surface area contributed by atoms with Crippen LogP contribution in [0.25, 0.3) is 6.08 Å². The van der Waals surface area contributed by atoms with Gasteiger partial charge in [0.1, 0.15) is 0 Å². The first-order valence-corrected chi connectivity index (χ1v) is 9.03. The molecule has 0 spiro atoms. The van der Waals surface area contributed by atoms with Crippen molar-refractivity contribution in [1.82, 2.24) is 19.7 Å². The molecule has 0 aromatic carbocycles. The number of likely N-dealkylation sites (N-methyl/N-ethyl adjacent to an activating group) is 1. The van der Waals surface area contributed by atoms with Gasteiger partial charge in [-0.25, -0.2) is 0 Å². The molecule has 136 valence electrons. The minimum absolute atomic E-state index is 0.0386. The molecule has 0 saturated carbocycles. The van der Waals surface area contributed by atoms with Gasteiger partial charge in [-0.15, -0.1) is 0 Å². The second-order valence-corrected chi connectivity index (χ2v) is 6.92. The highest BCUT2D eigenvalue weighted by Gasteiger charge is 2.26. The van der Waals surface area contributed by atoms with E-state index in [9.17, 15) is 4.79 Å². The van der Waals surface area contributed by atoms with Crippen molar-refractivity contribution in [2.24, 2.45) is 0 Å². The Morgan fingerprint density at radius 1 is 1.32 bits per heavy atom. The van der Waals surface area contributed by atoms with Crippen molar-refractivity contribution in [3.8, 4) is 0 Å². The molecule has 2 saturated heterocycles. The van der Waals surface area contributed by atoms with E-state index in [2.05, 4.69) is 21.8 Å². The highest BCUT2D eigenvalue weighted by atomic mass is 16.5. The van der Waals surface area contributed by atoms with Crippen molar-refractivity contribution in [1.29, 1.82) is 0 Å². The predicted octanol–water partition coefficient (Wildman–Crippen LogP) is 0.878. The molecule has 2 aliphatic heterocycles. The Morgan fingerprint density at radius 3 is 2.88 bits per heavy atom. The Balaban J connectivity index is 1.52. The zero-order valence-electron chi connectivity index (χ0n) is 15.2. The van der Waals surface area contributed by atoms with E-state index in [0.717, 1.165) is 44.0 Å². The van der Waals surface area contributed by atoms with Gasteiger partial charge in [-0.2, -0.15) is 0 Å². The van der Waals surface area contributed by atoms with Crippen molar-refractivity contribution < 1.29 is 9.53 Å². The Morgan fingerprint density at radius 2 is 2.12 bits per heavy atom. The molecule has 6 heteroatoms. The monoisotopic (exact) mass is 344 g/mol. The van der Waals surface area contributed by atoms with Gasteiger partial charge in [0.25, 0.3) is 0 Å². The first-order valence-electron chi connectivity index (χ1n) is 9.03. The molecular formula is C19H28N4O2. The number of carbonyl (C=O) groups excluding carboxylic acids is 1. The molecule has 3 rings (SSSR count). The van der Waals surface area contributed by atoms with Gasteiger partial charge < -0.3 is 14.5 Å². The van der Waals surface area contributed by atoms with Gasteiger partial charge in [0, 0.05) is 58.1 Å². The topological polar surface area (TPSA) is 48.9 Å². The summed E-state index contributed by atoms with van der Waals surface area (Å²) in [6, 6.07) is 3.90. The van der Waals surface area contributed by atoms with Gasteiger partial charge in [-0.05, 0) is 31.7 Å². The third kappa shape index (κ3) is 5.11. The maximum atomic E-state index is 12.5. The van der Waals surface area contributed by atoms with Gasteiger partial charge in [-0.1, -0.05) is 6.07 Å². The second-order valence-electron chi connectivity index (χ2n) is 6.92. The number of rotatable bonds is 4. The summed E-state index contributed by atoms with van der Waals surface area (Å²) in [5.41, 5.74) is 1.92. The summed E-state index contributed by atoms with van der Waals surface area (Å²) >= 11 is 0. The van der Waals surface area contributed by atoms with Crippen LogP contribution < -0.4 is 0 Å². The van der Waals surface area contributed by atoms with Crippen LogP contribution in [0.3, 0.4) is 0 Å². The quantitative estimate of drug-likeness (QED) is 0.759. The Bertz CT molecular complexity index is 611. The van der Waals surface area contributed by atoms with Gasteiger partial charge in [0.05, 0.1) is 18.4 Å². The molecule has 0 aliphatic carbocycles. The number of hydrogen-bond donors (Lipinski definition) is 0. The van der Waals surface area contributed by atoms with Crippen molar-refractivity contribution in [3.05, 3.63) is 35.7 Å². The molecule has 1 unspecified atom stereocenters. The summed E-state index contributed by atoms with van der Waals surface area (Å²) in [6.45, 7) is 9.18. The number of carbonyl (C=O) groups is 1. The highest BCUT2D eigenvalue weighted by molar-refractivity contribution is 5.91. The fourth-order valence-electron chi connectivity index (χ4n) is 3.28. The Labute approximate surface area is 150 Å². The van der Waals surface area contributed by atoms with Gasteiger partial charge in [-0.3, -0.25) is 14.7 Å². The molecule has 1 amide bonds. The zero-order chi connectivity index (χ0) is 17.6. The van der Waals surface area contributed by atoms with Crippen LogP contribution in [0, 0.1) is 6.92 Å². The lowest BCUT2D eigenvalue weighted by Crippen LogP contribution is -2.52. The summed E-state index contributed by atoms with van der Waals surface area (Å²) in [7, 11) is 2.16. The summed E-state index contributed by atoms with van der Waals surface area (Å²) in [5.74, 6) is 0.0386. The number of amides is 1. The minimum Gasteiger partial charge on any atom is -0.373 e. The Hall–Kier alpha value is -1.76. The molecular weight excluding hydrogens is 316 g/mol. The number of aromatic nitrogens is 1. The molecule has 1 aromatic rings. The van der Waals surface area contributed by atoms with Crippen LogP contribution in [0.15, 0.2) is 24.4 Å². The highest BCUT2D eigenvalue weighted by Crippen LogP contribution is 2.11. The molecule has 3 heterocycles. The number of morpholine rings is 1. The number of hydrogen-bond acceptors (Lipinski definition) is 5. The van der Waals surface area contributed by atoms with E-state index in [1.807, 2.05) is 30.0 Å². The number of pyridine rings is 1. The van der Waals surface area contributed by atoms with Crippen molar-refractivity contribution in [2.45, 2.75) is 13.0 Å². The maximum Gasteiger partial charge on any atom is 0.246 e. The molecule has 0 bridgehead atoms. The largest absolute Gasteiger partial charge is 0.373 e. The average molecular weight is 344 g/mol. The van der Waals surface area contributed by atoms with E-state index in [0.29, 0.717) is 19.7 Å². The standard InChI is InChI=1S/C19H28N4O2/c1-16-4-3-7-20-18(16)5-6-19(24)23-12-13-25-17(15-23)14-22-10-8-21(2)9-11-22/h3-7,17H,8-15H2,1-2H3/b6-5+. The number of piperazine rings is 1. The van der Waals surface area contributed by atoms with Crippen LogP contribution in [0.4, 0.5) is 0 Å². The number of nitrogens with zero attached hydrogens (tertiary/aromatic N) is 4. The third-order valence-electron chi connectivity index (χ3n) is 4.94. The lowest BCUT2D eigenvalue weighted by atomic mass is 10.2. The first kappa shape index (κ1) is 18.0. The fourth-order valence-corrected chi connectivity index (χ4v) is 3.28. The second kappa shape index (κ2) is 8.56. The van der Waals surface area contributed by atoms with Crippen molar-refractivity contribution in [2.75, 3.05) is 59.5 Å². The van der Waals surface area contributed by atoms with Gasteiger partial charge in [0.2, 0.25) is 5.91 Å². The molecule has 6 nitrogen and oxygen atoms in total. The van der Waals surface area contributed by atoms with E-state index in [-0.39, 0.29) is 12.0 Å². The lowest BCUT2D eigenvalue weighted by molar-refractivity contribution is -0.134. The summed E-state index contributed by atoms with van der Waals surface area (Å²) in [4.78, 5) is 23.5. The van der Waals surface area contributed by atoms with E-state index < -0.39 is 0 Å². The van der Waals surface area contributed by atoms with Gasteiger partial charge in [0.15, 0.2) is 0 Å². The van der Waals surface area contributed by atoms with Crippen LogP contribution in [0.1, 0.15) is 11.3 Å². The Kier molecular flexibility index (Phi) is 6.18. The normalized spacial score (nSPS) is 23.3. The van der Waals surface area contributed by atoms with E-state index in [4.69, 9.17) is 4.74 Å². The van der Waals surface area contributed by atoms with Crippen LogP contribution >= 0.6 is 0 Å². The molecule has 1 aromatic heterocycles. The van der Waals surface area contributed by atoms with Crippen LogP contribution in [-0.2, 0) is 9.53 Å². The van der Waals surface area contributed by atoms with Crippen LogP contribution in [-0.4, -0.2) is 91.2 Å². The molecule has 1 atom stereocenters. The minimum atomic E-state index is 0.0386. The molecule has 25 heavy (non-hydrogen) atoms. The average Bonchev–Trinajstić information content (AvgIpc) is 2.63. The van der Waals surface area contributed by atoms with E-state index in [1.54, 1.807) is 12.3 Å². The zero-order valence-corrected chi connectivity index (χ0v) is 15.2. The SMILES string of the molecule is Cc1cccnc1/C=C/C(=O)N1CCOC(CN2CCN(C)CC2)C1. The van der Waals surface area contributed by atoms with Crippen LogP contribution in [0.2, 0.25) is 0 Å². The lowest BCUT2D eigenvalue weighted by Gasteiger charge is -2.38. The van der Waals surface area contributed by atoms with Gasteiger partial charge >= 0.3 is 0 Å². The van der Waals surface area contributed by atoms with Crippen LogP contribution in [0.5, 0.6) is 0 Å².